The van der Waals surface area contributed by atoms with Gasteiger partial charge in [-0.2, -0.15) is 0 Å². The van der Waals surface area contributed by atoms with Crippen molar-refractivity contribution in [3.63, 3.8) is 0 Å². The third-order valence-electron chi connectivity index (χ3n) is 2.95. The molecule has 0 amide bonds. The van der Waals surface area contributed by atoms with Crippen molar-refractivity contribution in [3.05, 3.63) is 29.8 Å². The summed E-state index contributed by atoms with van der Waals surface area (Å²) in [6, 6.07) is 7.28. The molecule has 2 N–H and O–H groups in total. The SMILES string of the molecule is NCCC(=O)c1cccc(OC2CCCOC2)c1. The minimum absolute atomic E-state index is 0.0582. The predicted octanol–water partition coefficient (Wildman–Crippen LogP) is 1.78. The monoisotopic (exact) mass is 249 g/mol. The van der Waals surface area contributed by atoms with Crippen LogP contribution in [0.2, 0.25) is 0 Å². The molecule has 4 nitrogen and oxygen atoms in total. The van der Waals surface area contributed by atoms with Crippen molar-refractivity contribution in [2.75, 3.05) is 19.8 Å². The third-order valence-corrected chi connectivity index (χ3v) is 2.95. The van der Waals surface area contributed by atoms with Crippen LogP contribution in [0.1, 0.15) is 29.6 Å². The summed E-state index contributed by atoms with van der Waals surface area (Å²) >= 11 is 0. The van der Waals surface area contributed by atoms with E-state index in [0.29, 0.717) is 25.1 Å². The minimum Gasteiger partial charge on any atom is -0.488 e. The molecule has 1 heterocycles. The van der Waals surface area contributed by atoms with Crippen LogP contribution in [0, 0.1) is 0 Å². The first-order valence-electron chi connectivity index (χ1n) is 6.37. The molecule has 2 rings (SSSR count). The Balaban J connectivity index is 2.00. The number of ketones is 1. The molecule has 0 radical (unpaired) electrons. The molecule has 1 atom stereocenters. The van der Waals surface area contributed by atoms with Gasteiger partial charge in [0, 0.05) is 18.6 Å². The van der Waals surface area contributed by atoms with Crippen LogP contribution >= 0.6 is 0 Å². The van der Waals surface area contributed by atoms with Crippen LogP contribution in [-0.4, -0.2) is 31.6 Å². The van der Waals surface area contributed by atoms with E-state index in [2.05, 4.69) is 0 Å². The molecule has 1 unspecified atom stereocenters. The number of carbonyl (C=O) groups excluding carboxylic acids is 1. The fourth-order valence-electron chi connectivity index (χ4n) is 2.01. The first kappa shape index (κ1) is 13.1. The van der Waals surface area contributed by atoms with Crippen molar-refractivity contribution in [3.8, 4) is 5.75 Å². The number of hydrogen-bond donors (Lipinski definition) is 1. The van der Waals surface area contributed by atoms with Gasteiger partial charge in [-0.3, -0.25) is 4.79 Å². The molecule has 98 valence electrons. The topological polar surface area (TPSA) is 61.6 Å². The van der Waals surface area contributed by atoms with Gasteiger partial charge in [0.25, 0.3) is 0 Å². The molecule has 4 heteroatoms. The maximum atomic E-state index is 11.7. The molecule has 1 aromatic rings. The second-order valence-electron chi connectivity index (χ2n) is 4.45. The van der Waals surface area contributed by atoms with E-state index in [1.165, 1.54) is 0 Å². The van der Waals surface area contributed by atoms with Gasteiger partial charge in [0.15, 0.2) is 5.78 Å². The largest absolute Gasteiger partial charge is 0.488 e. The second-order valence-corrected chi connectivity index (χ2v) is 4.45. The van der Waals surface area contributed by atoms with Crippen LogP contribution < -0.4 is 10.5 Å². The van der Waals surface area contributed by atoms with Crippen molar-refractivity contribution in [1.82, 2.24) is 0 Å². The number of rotatable bonds is 5. The molecule has 0 bridgehead atoms. The summed E-state index contributed by atoms with van der Waals surface area (Å²) in [4.78, 5) is 11.7. The summed E-state index contributed by atoms with van der Waals surface area (Å²) in [6.45, 7) is 1.82. The molecular formula is C14H19NO3. The number of ether oxygens (including phenoxy) is 2. The van der Waals surface area contributed by atoms with Gasteiger partial charge in [0.2, 0.25) is 0 Å². The Labute approximate surface area is 107 Å². The van der Waals surface area contributed by atoms with E-state index in [-0.39, 0.29) is 11.9 Å². The van der Waals surface area contributed by atoms with Gasteiger partial charge in [-0.15, -0.1) is 0 Å². The summed E-state index contributed by atoms with van der Waals surface area (Å²) in [5.41, 5.74) is 6.05. The molecule has 1 aliphatic heterocycles. The van der Waals surface area contributed by atoms with E-state index in [9.17, 15) is 4.79 Å². The highest BCUT2D eigenvalue weighted by Gasteiger charge is 2.15. The van der Waals surface area contributed by atoms with E-state index in [1.807, 2.05) is 12.1 Å². The average Bonchev–Trinajstić information content (AvgIpc) is 2.40. The Hall–Kier alpha value is -1.39. The quantitative estimate of drug-likeness (QED) is 0.808. The lowest BCUT2D eigenvalue weighted by Crippen LogP contribution is -2.28. The van der Waals surface area contributed by atoms with Gasteiger partial charge in [0.1, 0.15) is 11.9 Å². The molecule has 1 saturated heterocycles. The van der Waals surface area contributed by atoms with E-state index in [1.54, 1.807) is 12.1 Å². The second kappa shape index (κ2) is 6.52. The lowest BCUT2D eigenvalue weighted by atomic mass is 10.1. The third kappa shape index (κ3) is 3.55. The number of nitrogens with two attached hydrogens (primary N) is 1. The molecule has 0 spiro atoms. The molecule has 1 aliphatic rings. The van der Waals surface area contributed by atoms with Crippen molar-refractivity contribution >= 4 is 5.78 Å². The highest BCUT2D eigenvalue weighted by Crippen LogP contribution is 2.19. The molecule has 0 saturated carbocycles. The van der Waals surface area contributed by atoms with Crippen LogP contribution in [0.4, 0.5) is 0 Å². The summed E-state index contributed by atoms with van der Waals surface area (Å²) in [6.07, 6.45) is 2.49. The van der Waals surface area contributed by atoms with E-state index >= 15 is 0 Å². The average molecular weight is 249 g/mol. The van der Waals surface area contributed by atoms with Crippen molar-refractivity contribution in [2.45, 2.75) is 25.4 Å². The Morgan fingerprint density at radius 2 is 2.39 bits per heavy atom. The molecule has 18 heavy (non-hydrogen) atoms. The van der Waals surface area contributed by atoms with Gasteiger partial charge >= 0.3 is 0 Å². The Kier molecular flexibility index (Phi) is 4.73. The number of benzene rings is 1. The van der Waals surface area contributed by atoms with Crippen LogP contribution in [0.25, 0.3) is 0 Å². The van der Waals surface area contributed by atoms with Crippen molar-refractivity contribution in [1.29, 1.82) is 0 Å². The lowest BCUT2D eigenvalue weighted by Gasteiger charge is -2.23. The minimum atomic E-state index is 0.0582. The summed E-state index contributed by atoms with van der Waals surface area (Å²) in [5, 5.41) is 0. The zero-order chi connectivity index (χ0) is 12.8. The van der Waals surface area contributed by atoms with Gasteiger partial charge < -0.3 is 15.2 Å². The Bertz CT molecular complexity index is 400. The van der Waals surface area contributed by atoms with Crippen molar-refractivity contribution in [2.24, 2.45) is 5.73 Å². The predicted molar refractivity (Wildman–Crippen MR) is 68.9 cm³/mol. The molecule has 1 aromatic carbocycles. The number of hydrogen-bond acceptors (Lipinski definition) is 4. The summed E-state index contributed by atoms with van der Waals surface area (Å²) in [7, 11) is 0. The standard InChI is InChI=1S/C14H19NO3/c15-7-6-14(16)11-3-1-4-12(9-11)18-13-5-2-8-17-10-13/h1,3-4,9,13H,2,5-8,10,15H2. The first-order chi connectivity index (χ1) is 8.79. The van der Waals surface area contributed by atoms with E-state index in [4.69, 9.17) is 15.2 Å². The van der Waals surface area contributed by atoms with E-state index < -0.39 is 0 Å². The van der Waals surface area contributed by atoms with Gasteiger partial charge in [-0.1, -0.05) is 12.1 Å². The normalized spacial score (nSPS) is 19.5. The highest BCUT2D eigenvalue weighted by molar-refractivity contribution is 5.96. The van der Waals surface area contributed by atoms with Crippen LogP contribution in [-0.2, 0) is 4.74 Å². The lowest BCUT2D eigenvalue weighted by molar-refractivity contribution is 0.00740. The van der Waals surface area contributed by atoms with Crippen LogP contribution in [0.15, 0.2) is 24.3 Å². The van der Waals surface area contributed by atoms with Crippen LogP contribution in [0.5, 0.6) is 5.75 Å². The zero-order valence-corrected chi connectivity index (χ0v) is 10.4. The van der Waals surface area contributed by atoms with E-state index in [0.717, 1.165) is 25.2 Å². The summed E-state index contributed by atoms with van der Waals surface area (Å²) < 4.78 is 11.2. The zero-order valence-electron chi connectivity index (χ0n) is 10.4. The Morgan fingerprint density at radius 1 is 1.50 bits per heavy atom. The maximum absolute atomic E-state index is 11.7. The molecular weight excluding hydrogens is 230 g/mol. The Morgan fingerprint density at radius 3 is 3.11 bits per heavy atom. The van der Waals surface area contributed by atoms with Crippen LogP contribution in [0.3, 0.4) is 0 Å². The maximum Gasteiger partial charge on any atom is 0.164 e. The number of Topliss-reactive ketones (excluding diaryl/α,β-unsaturated/α-hetero) is 1. The van der Waals surface area contributed by atoms with Crippen molar-refractivity contribution < 1.29 is 14.3 Å². The fourth-order valence-corrected chi connectivity index (χ4v) is 2.01. The van der Waals surface area contributed by atoms with Gasteiger partial charge in [-0.05, 0) is 31.5 Å². The van der Waals surface area contributed by atoms with Gasteiger partial charge in [-0.25, -0.2) is 0 Å². The molecule has 0 aromatic heterocycles. The van der Waals surface area contributed by atoms with Gasteiger partial charge in [0.05, 0.1) is 6.61 Å². The fraction of sp³-hybridized carbons (Fsp3) is 0.500. The summed E-state index contributed by atoms with van der Waals surface area (Å²) in [5.74, 6) is 0.788. The number of carbonyl (C=O) groups is 1. The first-order valence-corrected chi connectivity index (χ1v) is 6.37. The molecule has 1 fully saturated rings. The molecule has 0 aliphatic carbocycles. The smallest absolute Gasteiger partial charge is 0.164 e. The highest BCUT2D eigenvalue weighted by atomic mass is 16.5.